The molecule has 0 radical (unpaired) electrons. The lowest BCUT2D eigenvalue weighted by molar-refractivity contribution is 0.660. The molecule has 1 heterocycles. The van der Waals surface area contributed by atoms with Crippen molar-refractivity contribution in [3.63, 3.8) is 0 Å². The van der Waals surface area contributed by atoms with Crippen molar-refractivity contribution >= 4 is 0 Å². The van der Waals surface area contributed by atoms with Gasteiger partial charge >= 0.3 is 0 Å². The molecule has 0 spiro atoms. The van der Waals surface area contributed by atoms with Gasteiger partial charge in [0.1, 0.15) is 0 Å². The first-order valence-corrected chi connectivity index (χ1v) is 5.59. The molecule has 3 heteroatoms. The predicted octanol–water partition coefficient (Wildman–Crippen LogP) is 2.59. The van der Waals surface area contributed by atoms with Gasteiger partial charge in [0.2, 0.25) is 0 Å². The molecule has 3 nitrogen and oxygen atoms in total. The summed E-state index contributed by atoms with van der Waals surface area (Å²) in [6.07, 6.45) is 3.95. The smallest absolute Gasteiger partial charge is 0.0568 e. The number of aryl methyl sites for hydroxylation is 1. The van der Waals surface area contributed by atoms with Gasteiger partial charge in [-0.05, 0) is 25.0 Å². The second-order valence-electron chi connectivity index (χ2n) is 3.96. The Bertz CT molecular complexity index is 472. The zero-order valence-corrected chi connectivity index (χ0v) is 9.72. The topological polar surface area (TPSA) is 43.8 Å². The van der Waals surface area contributed by atoms with Crippen molar-refractivity contribution in [3.05, 3.63) is 42.2 Å². The van der Waals surface area contributed by atoms with Crippen LogP contribution in [0.25, 0.3) is 11.1 Å². The number of benzene rings is 1. The summed E-state index contributed by atoms with van der Waals surface area (Å²) in [5.74, 6) is 0. The largest absolute Gasteiger partial charge is 0.324 e. The molecule has 0 amide bonds. The van der Waals surface area contributed by atoms with Gasteiger partial charge in [0.25, 0.3) is 0 Å². The zero-order chi connectivity index (χ0) is 11.5. The Morgan fingerprint density at radius 1 is 1.38 bits per heavy atom. The average Bonchev–Trinajstić information content (AvgIpc) is 2.77. The monoisotopic (exact) mass is 215 g/mol. The normalized spacial score (nSPS) is 12.7. The molecule has 1 aromatic heterocycles. The Morgan fingerprint density at radius 3 is 2.75 bits per heavy atom. The molecule has 0 fully saturated rings. The van der Waals surface area contributed by atoms with E-state index in [4.69, 9.17) is 5.73 Å². The van der Waals surface area contributed by atoms with E-state index in [1.54, 1.807) is 0 Å². The number of hydrogen-bond acceptors (Lipinski definition) is 2. The summed E-state index contributed by atoms with van der Waals surface area (Å²) in [7, 11) is 0. The molecule has 1 unspecified atom stereocenters. The fraction of sp³-hybridized carbons (Fsp3) is 0.308. The first-order chi connectivity index (χ1) is 7.72. The lowest BCUT2D eigenvalue weighted by atomic mass is 9.98. The number of nitrogens with two attached hydrogens (primary N) is 1. The van der Waals surface area contributed by atoms with Gasteiger partial charge in [-0.25, -0.2) is 0 Å². The van der Waals surface area contributed by atoms with Crippen LogP contribution in [0.2, 0.25) is 0 Å². The van der Waals surface area contributed by atoms with Crippen LogP contribution in [-0.2, 0) is 6.54 Å². The van der Waals surface area contributed by atoms with Gasteiger partial charge in [-0.3, -0.25) is 4.68 Å². The molecule has 2 aromatic rings. The van der Waals surface area contributed by atoms with Crippen molar-refractivity contribution < 1.29 is 0 Å². The molecule has 2 rings (SSSR count). The SMILES string of the molecule is CCn1cc(-c2ccccc2C(C)N)cn1. The van der Waals surface area contributed by atoms with Gasteiger partial charge in [0.05, 0.1) is 6.20 Å². The second kappa shape index (κ2) is 4.49. The summed E-state index contributed by atoms with van der Waals surface area (Å²) in [5.41, 5.74) is 9.44. The van der Waals surface area contributed by atoms with Crippen LogP contribution in [0.4, 0.5) is 0 Å². The number of nitrogens with zero attached hydrogens (tertiary/aromatic N) is 2. The summed E-state index contributed by atoms with van der Waals surface area (Å²) >= 11 is 0. The quantitative estimate of drug-likeness (QED) is 0.855. The van der Waals surface area contributed by atoms with E-state index in [9.17, 15) is 0 Å². The van der Waals surface area contributed by atoms with Gasteiger partial charge in [-0.2, -0.15) is 5.10 Å². The Hall–Kier alpha value is -1.61. The van der Waals surface area contributed by atoms with E-state index in [1.807, 2.05) is 29.9 Å². The van der Waals surface area contributed by atoms with E-state index in [-0.39, 0.29) is 6.04 Å². The molecule has 0 saturated heterocycles. The molecule has 0 bridgehead atoms. The van der Waals surface area contributed by atoms with E-state index in [2.05, 4.69) is 30.4 Å². The van der Waals surface area contributed by atoms with Crippen LogP contribution < -0.4 is 5.73 Å². The van der Waals surface area contributed by atoms with Gasteiger partial charge in [0.15, 0.2) is 0 Å². The summed E-state index contributed by atoms with van der Waals surface area (Å²) in [6.45, 7) is 4.97. The third kappa shape index (κ3) is 1.99. The minimum absolute atomic E-state index is 0.0428. The minimum atomic E-state index is 0.0428. The average molecular weight is 215 g/mol. The molecule has 0 aliphatic heterocycles. The minimum Gasteiger partial charge on any atom is -0.324 e. The predicted molar refractivity (Wildman–Crippen MR) is 65.9 cm³/mol. The Morgan fingerprint density at radius 2 is 2.12 bits per heavy atom. The van der Waals surface area contributed by atoms with Crippen molar-refractivity contribution in [1.82, 2.24) is 9.78 Å². The molecule has 1 aromatic carbocycles. The van der Waals surface area contributed by atoms with Gasteiger partial charge in [0, 0.05) is 24.3 Å². The summed E-state index contributed by atoms with van der Waals surface area (Å²) in [6, 6.07) is 8.26. The van der Waals surface area contributed by atoms with Crippen molar-refractivity contribution in [2.75, 3.05) is 0 Å². The molecular weight excluding hydrogens is 198 g/mol. The molecule has 1 atom stereocenters. The fourth-order valence-corrected chi connectivity index (χ4v) is 1.83. The van der Waals surface area contributed by atoms with E-state index in [0.717, 1.165) is 17.7 Å². The van der Waals surface area contributed by atoms with Crippen LogP contribution >= 0.6 is 0 Å². The van der Waals surface area contributed by atoms with E-state index >= 15 is 0 Å². The van der Waals surface area contributed by atoms with Crippen LogP contribution in [0.15, 0.2) is 36.7 Å². The Kier molecular flexibility index (Phi) is 3.06. The second-order valence-corrected chi connectivity index (χ2v) is 3.96. The molecule has 0 aliphatic rings. The lowest BCUT2D eigenvalue weighted by Gasteiger charge is -2.10. The van der Waals surface area contributed by atoms with Crippen LogP contribution in [0.3, 0.4) is 0 Å². The molecule has 0 aliphatic carbocycles. The lowest BCUT2D eigenvalue weighted by Crippen LogP contribution is -2.06. The molecule has 16 heavy (non-hydrogen) atoms. The fourth-order valence-electron chi connectivity index (χ4n) is 1.83. The summed E-state index contributed by atoms with van der Waals surface area (Å²) < 4.78 is 1.92. The highest BCUT2D eigenvalue weighted by atomic mass is 15.3. The Labute approximate surface area is 95.9 Å². The van der Waals surface area contributed by atoms with Crippen molar-refractivity contribution in [2.24, 2.45) is 5.73 Å². The molecular formula is C13H17N3. The summed E-state index contributed by atoms with van der Waals surface area (Å²) in [5, 5.41) is 4.29. The first kappa shape index (κ1) is 10.9. The first-order valence-electron chi connectivity index (χ1n) is 5.59. The van der Waals surface area contributed by atoms with Crippen LogP contribution in [-0.4, -0.2) is 9.78 Å². The Balaban J connectivity index is 2.46. The van der Waals surface area contributed by atoms with Crippen LogP contribution in [0, 0.1) is 0 Å². The van der Waals surface area contributed by atoms with Crippen molar-refractivity contribution in [2.45, 2.75) is 26.4 Å². The number of rotatable bonds is 3. The molecule has 2 N–H and O–H groups in total. The van der Waals surface area contributed by atoms with Gasteiger partial charge in [-0.1, -0.05) is 24.3 Å². The van der Waals surface area contributed by atoms with Crippen LogP contribution in [0.1, 0.15) is 25.5 Å². The van der Waals surface area contributed by atoms with E-state index in [0.29, 0.717) is 0 Å². The maximum absolute atomic E-state index is 5.96. The van der Waals surface area contributed by atoms with Gasteiger partial charge in [-0.15, -0.1) is 0 Å². The maximum atomic E-state index is 5.96. The number of aromatic nitrogens is 2. The zero-order valence-electron chi connectivity index (χ0n) is 9.72. The highest BCUT2D eigenvalue weighted by Crippen LogP contribution is 2.26. The van der Waals surface area contributed by atoms with E-state index < -0.39 is 0 Å². The third-order valence-corrected chi connectivity index (χ3v) is 2.72. The van der Waals surface area contributed by atoms with Gasteiger partial charge < -0.3 is 5.73 Å². The summed E-state index contributed by atoms with van der Waals surface area (Å²) in [4.78, 5) is 0. The van der Waals surface area contributed by atoms with E-state index in [1.165, 1.54) is 5.56 Å². The van der Waals surface area contributed by atoms with Crippen molar-refractivity contribution in [1.29, 1.82) is 0 Å². The standard InChI is InChI=1S/C13H17N3/c1-3-16-9-11(8-15-16)13-7-5-4-6-12(13)10(2)14/h4-10H,3,14H2,1-2H3. The molecule has 0 saturated carbocycles. The third-order valence-electron chi connectivity index (χ3n) is 2.72. The highest BCUT2D eigenvalue weighted by molar-refractivity contribution is 5.66. The van der Waals surface area contributed by atoms with Crippen LogP contribution in [0.5, 0.6) is 0 Å². The highest BCUT2D eigenvalue weighted by Gasteiger charge is 2.09. The number of hydrogen-bond donors (Lipinski definition) is 1. The molecule has 84 valence electrons. The van der Waals surface area contributed by atoms with Crippen molar-refractivity contribution in [3.8, 4) is 11.1 Å². The maximum Gasteiger partial charge on any atom is 0.0568 e.